The van der Waals surface area contributed by atoms with Crippen LogP contribution in [0.25, 0.3) is 27.5 Å². The van der Waals surface area contributed by atoms with Crippen LogP contribution in [0.2, 0.25) is 0 Å². The van der Waals surface area contributed by atoms with Crippen LogP contribution in [0.15, 0.2) is 47.8 Å². The Hall–Kier alpha value is -3.50. The van der Waals surface area contributed by atoms with Gasteiger partial charge in [-0.15, -0.1) is 11.3 Å². The third kappa shape index (κ3) is 2.50. The molecule has 0 amide bonds. The summed E-state index contributed by atoms with van der Waals surface area (Å²) in [4.78, 5) is 5.66. The van der Waals surface area contributed by atoms with Crippen molar-refractivity contribution in [1.82, 2.24) is 9.38 Å². The highest BCUT2D eigenvalue weighted by molar-refractivity contribution is 7.15. The second-order valence-corrected chi connectivity index (χ2v) is 7.09. The van der Waals surface area contributed by atoms with Crippen molar-refractivity contribution in [2.75, 3.05) is 13.9 Å². The van der Waals surface area contributed by atoms with Gasteiger partial charge in [0.1, 0.15) is 5.75 Å². The first-order chi connectivity index (χ1) is 13.8. The number of nitrogens with zero attached hydrogens (tertiary/aromatic N) is 3. The highest BCUT2D eigenvalue weighted by atomic mass is 32.1. The van der Waals surface area contributed by atoms with Crippen molar-refractivity contribution >= 4 is 16.3 Å². The maximum Gasteiger partial charge on any atom is 0.231 e. The van der Waals surface area contributed by atoms with Crippen molar-refractivity contribution in [2.45, 2.75) is 6.42 Å². The zero-order chi connectivity index (χ0) is 19.1. The number of hydrogen-bond acceptors (Lipinski definition) is 6. The molecule has 2 aromatic carbocycles. The van der Waals surface area contributed by atoms with Gasteiger partial charge < -0.3 is 14.2 Å². The second kappa shape index (κ2) is 6.59. The van der Waals surface area contributed by atoms with Crippen molar-refractivity contribution in [2.24, 2.45) is 0 Å². The maximum atomic E-state index is 9.47. The summed E-state index contributed by atoms with van der Waals surface area (Å²) in [6.45, 7) is 0.237. The van der Waals surface area contributed by atoms with Gasteiger partial charge >= 0.3 is 0 Å². The Morgan fingerprint density at radius 1 is 1.21 bits per heavy atom. The van der Waals surface area contributed by atoms with Gasteiger partial charge in [-0.05, 0) is 30.3 Å². The van der Waals surface area contributed by atoms with Crippen molar-refractivity contribution < 1.29 is 14.2 Å². The Kier molecular flexibility index (Phi) is 3.92. The SMILES string of the molecule is COc1ccccc1-c1nc2scc(-c3ccc4c(c3)OCO4)n2c1CC#N. The number of fused-ring (bicyclic) bond motifs is 2. The van der Waals surface area contributed by atoms with E-state index in [0.29, 0.717) is 0 Å². The van der Waals surface area contributed by atoms with Gasteiger partial charge in [0.2, 0.25) is 6.79 Å². The summed E-state index contributed by atoms with van der Waals surface area (Å²) in [6.07, 6.45) is 0.239. The largest absolute Gasteiger partial charge is 0.496 e. The number of ether oxygens (including phenoxy) is 3. The van der Waals surface area contributed by atoms with Crippen LogP contribution < -0.4 is 14.2 Å². The van der Waals surface area contributed by atoms with Crippen LogP contribution in [0, 0.1) is 11.3 Å². The van der Waals surface area contributed by atoms with E-state index >= 15 is 0 Å². The topological polar surface area (TPSA) is 68.8 Å². The van der Waals surface area contributed by atoms with Crippen LogP contribution in [0.3, 0.4) is 0 Å². The molecule has 6 nitrogen and oxygen atoms in total. The normalized spacial score (nSPS) is 12.3. The molecule has 0 saturated heterocycles. The summed E-state index contributed by atoms with van der Waals surface area (Å²) < 4.78 is 18.5. The molecule has 5 rings (SSSR count). The van der Waals surface area contributed by atoms with E-state index in [2.05, 4.69) is 6.07 Å². The molecule has 0 fully saturated rings. The summed E-state index contributed by atoms with van der Waals surface area (Å²) in [7, 11) is 1.64. The maximum absolute atomic E-state index is 9.47. The number of rotatable bonds is 4. The first kappa shape index (κ1) is 16.7. The zero-order valence-electron chi connectivity index (χ0n) is 15.0. The Balaban J connectivity index is 1.73. The second-order valence-electron chi connectivity index (χ2n) is 6.25. The molecule has 0 bridgehead atoms. The number of methoxy groups -OCH3 is 1. The number of thiazole rings is 1. The van der Waals surface area contributed by atoms with Crippen molar-refractivity contribution in [3.05, 3.63) is 53.5 Å². The zero-order valence-corrected chi connectivity index (χ0v) is 15.8. The summed E-state index contributed by atoms with van der Waals surface area (Å²) in [5.41, 5.74) is 4.45. The van der Waals surface area contributed by atoms with E-state index in [0.717, 1.165) is 50.4 Å². The Bertz CT molecular complexity index is 1240. The van der Waals surface area contributed by atoms with Gasteiger partial charge in [-0.25, -0.2) is 4.98 Å². The van der Waals surface area contributed by atoms with Gasteiger partial charge in [-0.2, -0.15) is 5.26 Å². The van der Waals surface area contributed by atoms with Crippen molar-refractivity contribution in [3.63, 3.8) is 0 Å². The lowest BCUT2D eigenvalue weighted by Crippen LogP contribution is -1.96. The highest BCUT2D eigenvalue weighted by Gasteiger charge is 2.22. The molecule has 0 spiro atoms. The summed E-state index contributed by atoms with van der Waals surface area (Å²) in [5.74, 6) is 2.20. The van der Waals surface area contributed by atoms with Gasteiger partial charge in [-0.1, -0.05) is 12.1 Å². The molecular weight excluding hydrogens is 374 g/mol. The summed E-state index contributed by atoms with van der Waals surface area (Å²) >= 11 is 1.54. The molecule has 0 radical (unpaired) electrons. The number of aromatic nitrogens is 2. The van der Waals surface area contributed by atoms with Crippen LogP contribution in [0.4, 0.5) is 0 Å². The minimum Gasteiger partial charge on any atom is -0.496 e. The Morgan fingerprint density at radius 2 is 2.07 bits per heavy atom. The van der Waals surface area contributed by atoms with Gasteiger partial charge in [0.05, 0.1) is 36.7 Å². The van der Waals surface area contributed by atoms with E-state index < -0.39 is 0 Å². The fraction of sp³-hybridized carbons (Fsp3) is 0.143. The molecular formula is C21H15N3O3S. The molecule has 0 unspecified atom stereocenters. The van der Waals surface area contributed by atoms with E-state index in [1.54, 1.807) is 18.4 Å². The van der Waals surface area contributed by atoms with E-state index in [4.69, 9.17) is 19.2 Å². The smallest absolute Gasteiger partial charge is 0.231 e. The lowest BCUT2D eigenvalue weighted by Gasteiger charge is -2.08. The third-order valence-corrected chi connectivity index (χ3v) is 5.56. The minimum atomic E-state index is 0.237. The number of benzene rings is 2. The molecule has 1 aliphatic heterocycles. The number of imidazole rings is 1. The number of para-hydroxylation sites is 1. The quantitative estimate of drug-likeness (QED) is 0.513. The summed E-state index contributed by atoms with van der Waals surface area (Å²) in [6, 6.07) is 15.9. The standard InChI is InChI=1S/C21H15N3O3S/c1-25-17-5-3-2-4-14(17)20-15(8-9-22)24-16(11-28-21(24)23-20)13-6-7-18-19(10-13)27-12-26-18/h2-7,10-11H,8,12H2,1H3. The number of hydrogen-bond donors (Lipinski definition) is 0. The highest BCUT2D eigenvalue weighted by Crippen LogP contribution is 2.40. The molecule has 3 heterocycles. The lowest BCUT2D eigenvalue weighted by atomic mass is 10.1. The molecule has 0 N–H and O–H groups in total. The summed E-state index contributed by atoms with van der Waals surface area (Å²) in [5, 5.41) is 11.5. The monoisotopic (exact) mass is 389 g/mol. The van der Waals surface area contributed by atoms with Gasteiger partial charge in [-0.3, -0.25) is 4.40 Å². The molecule has 2 aromatic heterocycles. The third-order valence-electron chi connectivity index (χ3n) is 4.74. The van der Waals surface area contributed by atoms with Crippen LogP contribution in [-0.2, 0) is 6.42 Å². The van der Waals surface area contributed by atoms with E-state index in [-0.39, 0.29) is 13.2 Å². The van der Waals surface area contributed by atoms with Gasteiger partial charge in [0.25, 0.3) is 0 Å². The molecule has 28 heavy (non-hydrogen) atoms. The lowest BCUT2D eigenvalue weighted by molar-refractivity contribution is 0.174. The molecule has 0 saturated carbocycles. The molecule has 0 atom stereocenters. The molecule has 7 heteroatoms. The minimum absolute atomic E-state index is 0.237. The predicted molar refractivity (Wildman–Crippen MR) is 106 cm³/mol. The number of nitriles is 1. The van der Waals surface area contributed by atoms with Gasteiger partial charge in [0, 0.05) is 16.5 Å². The van der Waals surface area contributed by atoms with Crippen LogP contribution in [0.5, 0.6) is 17.2 Å². The van der Waals surface area contributed by atoms with Gasteiger partial charge in [0.15, 0.2) is 16.5 Å². The van der Waals surface area contributed by atoms with Crippen LogP contribution >= 0.6 is 11.3 Å². The van der Waals surface area contributed by atoms with Crippen molar-refractivity contribution in [1.29, 1.82) is 5.26 Å². The average Bonchev–Trinajstić information content (AvgIpc) is 3.43. The first-order valence-corrected chi connectivity index (χ1v) is 9.57. The van der Waals surface area contributed by atoms with Crippen LogP contribution in [-0.4, -0.2) is 23.3 Å². The first-order valence-electron chi connectivity index (χ1n) is 8.69. The average molecular weight is 389 g/mol. The Morgan fingerprint density at radius 3 is 2.93 bits per heavy atom. The van der Waals surface area contributed by atoms with E-state index in [9.17, 15) is 5.26 Å². The van der Waals surface area contributed by atoms with E-state index in [1.165, 1.54) is 0 Å². The molecule has 138 valence electrons. The molecule has 4 aromatic rings. The predicted octanol–water partition coefficient (Wildman–Crippen LogP) is 4.53. The Labute approximate surface area is 165 Å². The fourth-order valence-corrected chi connectivity index (χ4v) is 4.38. The fourth-order valence-electron chi connectivity index (χ4n) is 3.47. The van der Waals surface area contributed by atoms with Crippen molar-refractivity contribution in [3.8, 4) is 45.8 Å². The van der Waals surface area contributed by atoms with Crippen LogP contribution in [0.1, 0.15) is 5.69 Å². The van der Waals surface area contributed by atoms with E-state index in [1.807, 2.05) is 52.2 Å². The molecule has 1 aliphatic rings. The molecule has 0 aliphatic carbocycles.